The molecule has 0 spiro atoms. The van der Waals surface area contributed by atoms with Crippen molar-refractivity contribution in [1.82, 2.24) is 9.13 Å². The number of nitrogens with zero attached hydrogens (tertiary/aromatic N) is 3. The molecule has 0 saturated carbocycles. The van der Waals surface area contributed by atoms with E-state index in [1.54, 1.807) is 0 Å². The maximum atomic E-state index is 2.65. The molecule has 2 heterocycles. The number of anilines is 2. The molecule has 0 aliphatic heterocycles. The van der Waals surface area contributed by atoms with E-state index >= 15 is 0 Å². The van der Waals surface area contributed by atoms with Gasteiger partial charge in [-0.3, -0.25) is 0 Å². The molecular weight excluding hydrogens is 655 g/mol. The van der Waals surface area contributed by atoms with Crippen LogP contribution in [0.5, 0.6) is 0 Å². The maximum absolute atomic E-state index is 2.65. The summed E-state index contributed by atoms with van der Waals surface area (Å²) in [4.78, 5) is 2.65. The third kappa shape index (κ3) is 4.42. The van der Waals surface area contributed by atoms with Crippen molar-refractivity contribution in [3.63, 3.8) is 0 Å². The Kier molecular flexibility index (Phi) is 6.72. The Morgan fingerprint density at radius 2 is 1.15 bits per heavy atom. The Balaban J connectivity index is 1.15. The lowest BCUT2D eigenvalue weighted by Crippen LogP contribution is -2.34. The molecule has 1 unspecified atom stereocenters. The van der Waals surface area contributed by atoms with Crippen LogP contribution in [0.3, 0.4) is 0 Å². The highest BCUT2D eigenvalue weighted by atomic mass is 15.2. The number of fused-ring (bicyclic) bond motifs is 9. The van der Waals surface area contributed by atoms with Gasteiger partial charge >= 0.3 is 0 Å². The molecule has 2 aliphatic carbocycles. The summed E-state index contributed by atoms with van der Waals surface area (Å²) in [5, 5.41) is 3.84. The van der Waals surface area contributed by atoms with E-state index in [2.05, 4.69) is 210 Å². The maximum Gasteiger partial charge on any atom is 0.0567 e. The van der Waals surface area contributed by atoms with Crippen LogP contribution in [-0.4, -0.2) is 15.2 Å². The number of rotatable bonds is 5. The van der Waals surface area contributed by atoms with Gasteiger partial charge in [-0.05, 0) is 101 Å². The van der Waals surface area contributed by atoms with Gasteiger partial charge in [-0.2, -0.15) is 0 Å². The van der Waals surface area contributed by atoms with Gasteiger partial charge in [0.2, 0.25) is 0 Å². The molecule has 9 aromatic rings. The van der Waals surface area contributed by atoms with Crippen LogP contribution in [0, 0.1) is 0 Å². The normalized spacial score (nSPS) is 15.4. The SMILES string of the molecule is CC1(C)c2ccccc2-c2cccc(N(c3ccc4c(c3)c3ccccc3n4-c3ccccc3)C3C=Cc4c(c5ccccc5n4-c4ccccc4)C3)c21. The van der Waals surface area contributed by atoms with Crippen LogP contribution in [-0.2, 0) is 11.8 Å². The summed E-state index contributed by atoms with van der Waals surface area (Å²) in [6.07, 6.45) is 5.71. The highest BCUT2D eigenvalue weighted by Crippen LogP contribution is 2.54. The third-order valence-corrected chi connectivity index (χ3v) is 12.0. The quantitative estimate of drug-likeness (QED) is 0.175. The molecule has 3 nitrogen and oxygen atoms in total. The fraction of sp³-hybridized carbons (Fsp3) is 0.0980. The van der Waals surface area contributed by atoms with Crippen LogP contribution < -0.4 is 4.90 Å². The van der Waals surface area contributed by atoms with Crippen molar-refractivity contribution in [2.24, 2.45) is 0 Å². The molecular formula is C51H39N3. The van der Waals surface area contributed by atoms with Gasteiger partial charge in [-0.15, -0.1) is 0 Å². The Bertz CT molecular complexity index is 2940. The van der Waals surface area contributed by atoms with Crippen molar-refractivity contribution in [2.45, 2.75) is 31.7 Å². The summed E-state index contributed by atoms with van der Waals surface area (Å²) in [6.45, 7) is 4.80. The number of hydrogen-bond donors (Lipinski definition) is 0. The second kappa shape index (κ2) is 11.7. The van der Waals surface area contributed by atoms with E-state index < -0.39 is 0 Å². The lowest BCUT2D eigenvalue weighted by molar-refractivity contribution is 0.653. The lowest BCUT2D eigenvalue weighted by atomic mass is 9.81. The molecule has 2 aliphatic rings. The van der Waals surface area contributed by atoms with Gasteiger partial charge in [-0.25, -0.2) is 0 Å². The summed E-state index contributed by atoms with van der Waals surface area (Å²) in [5.41, 5.74) is 16.5. The molecule has 11 rings (SSSR count). The largest absolute Gasteiger partial charge is 0.334 e. The molecule has 7 aromatic carbocycles. The highest BCUT2D eigenvalue weighted by molar-refractivity contribution is 6.10. The Hall–Kier alpha value is -6.58. The molecule has 0 N–H and O–H groups in total. The number of aromatic nitrogens is 2. The first kappa shape index (κ1) is 31.0. The van der Waals surface area contributed by atoms with Crippen LogP contribution in [0.15, 0.2) is 176 Å². The zero-order chi connectivity index (χ0) is 36.0. The second-order valence-corrected chi connectivity index (χ2v) is 15.3. The fourth-order valence-electron chi connectivity index (χ4n) is 9.72. The first-order valence-corrected chi connectivity index (χ1v) is 19.0. The first-order chi connectivity index (χ1) is 26.6. The summed E-state index contributed by atoms with van der Waals surface area (Å²) >= 11 is 0. The number of hydrogen-bond acceptors (Lipinski definition) is 1. The Labute approximate surface area is 315 Å². The third-order valence-electron chi connectivity index (χ3n) is 12.0. The molecule has 54 heavy (non-hydrogen) atoms. The summed E-state index contributed by atoms with van der Waals surface area (Å²) in [7, 11) is 0. The van der Waals surface area contributed by atoms with Crippen LogP contribution >= 0.6 is 0 Å². The predicted octanol–water partition coefficient (Wildman–Crippen LogP) is 12.8. The molecule has 0 bridgehead atoms. The van der Waals surface area contributed by atoms with Crippen molar-refractivity contribution in [3.05, 3.63) is 198 Å². The zero-order valence-electron chi connectivity index (χ0n) is 30.4. The average molecular weight is 694 g/mol. The zero-order valence-corrected chi connectivity index (χ0v) is 30.4. The van der Waals surface area contributed by atoms with Gasteiger partial charge in [0.25, 0.3) is 0 Å². The van der Waals surface area contributed by atoms with Crippen LogP contribution in [0.4, 0.5) is 11.4 Å². The monoisotopic (exact) mass is 693 g/mol. The first-order valence-electron chi connectivity index (χ1n) is 19.0. The Morgan fingerprint density at radius 3 is 1.93 bits per heavy atom. The minimum atomic E-state index is -0.166. The van der Waals surface area contributed by atoms with Crippen LogP contribution in [0.2, 0.25) is 0 Å². The average Bonchev–Trinajstić information content (AvgIpc) is 3.82. The topological polar surface area (TPSA) is 13.1 Å². The van der Waals surface area contributed by atoms with Crippen molar-refractivity contribution < 1.29 is 0 Å². The molecule has 2 aromatic heterocycles. The van der Waals surface area contributed by atoms with Gasteiger partial charge in [0.15, 0.2) is 0 Å². The van der Waals surface area contributed by atoms with Crippen molar-refractivity contribution >= 4 is 50.2 Å². The van der Waals surface area contributed by atoms with E-state index in [0.717, 1.165) is 6.42 Å². The van der Waals surface area contributed by atoms with E-state index in [9.17, 15) is 0 Å². The molecule has 0 saturated heterocycles. The summed E-state index contributed by atoms with van der Waals surface area (Å²) < 4.78 is 4.84. The standard InChI is InChI=1S/C51H39N3/c1-51(2)44-24-12-9-20-38(44)41-23-15-27-49(50(41)51)52(36-28-30-47-42(32-36)39-21-10-13-25-45(39)53(47)34-16-5-3-6-17-34)37-29-31-48-43(33-37)40-22-11-14-26-46(40)54(48)35-18-7-4-8-19-35/h3-32,37H,33H2,1-2H3. The van der Waals surface area contributed by atoms with E-state index in [0.29, 0.717) is 0 Å². The van der Waals surface area contributed by atoms with Gasteiger partial charge in [0.05, 0.1) is 22.6 Å². The molecule has 0 amide bonds. The molecule has 1 atom stereocenters. The second-order valence-electron chi connectivity index (χ2n) is 15.3. The minimum absolute atomic E-state index is 0.0819. The minimum Gasteiger partial charge on any atom is -0.334 e. The number of benzene rings is 7. The van der Waals surface area contributed by atoms with E-state index in [4.69, 9.17) is 0 Å². The molecule has 3 heteroatoms. The van der Waals surface area contributed by atoms with Crippen molar-refractivity contribution in [2.75, 3.05) is 4.90 Å². The molecule has 0 radical (unpaired) electrons. The van der Waals surface area contributed by atoms with Crippen LogP contribution in [0.1, 0.15) is 36.2 Å². The fourth-order valence-corrected chi connectivity index (χ4v) is 9.72. The van der Waals surface area contributed by atoms with E-state index in [-0.39, 0.29) is 11.5 Å². The van der Waals surface area contributed by atoms with Gasteiger partial charge in [-0.1, -0.05) is 129 Å². The molecule has 0 fully saturated rings. The smallest absolute Gasteiger partial charge is 0.0567 e. The lowest BCUT2D eigenvalue weighted by Gasteiger charge is -2.37. The number of para-hydroxylation sites is 4. The van der Waals surface area contributed by atoms with E-state index in [1.165, 1.54) is 89.0 Å². The van der Waals surface area contributed by atoms with Gasteiger partial charge in [0, 0.05) is 50.0 Å². The predicted molar refractivity (Wildman–Crippen MR) is 227 cm³/mol. The van der Waals surface area contributed by atoms with E-state index in [1.807, 2.05) is 0 Å². The van der Waals surface area contributed by atoms with Crippen molar-refractivity contribution in [3.8, 4) is 22.5 Å². The van der Waals surface area contributed by atoms with Crippen molar-refractivity contribution in [1.29, 1.82) is 0 Å². The van der Waals surface area contributed by atoms with Crippen LogP contribution in [0.25, 0.3) is 61.3 Å². The Morgan fingerprint density at radius 1 is 0.537 bits per heavy atom. The van der Waals surface area contributed by atoms with Gasteiger partial charge < -0.3 is 14.0 Å². The summed E-state index contributed by atoms with van der Waals surface area (Å²) in [5.74, 6) is 0. The summed E-state index contributed by atoms with van der Waals surface area (Å²) in [6, 6.07) is 62.4. The molecule has 258 valence electrons. The van der Waals surface area contributed by atoms with Gasteiger partial charge in [0.1, 0.15) is 0 Å². The highest BCUT2D eigenvalue weighted by Gasteiger charge is 2.40.